The Bertz CT molecular complexity index is 910. The number of halogens is 1. The molecule has 2 bridgehead atoms. The number of carbonyl (C=O) groups is 1. The Labute approximate surface area is 184 Å². The summed E-state index contributed by atoms with van der Waals surface area (Å²) in [7, 11) is 0. The largest absolute Gasteiger partial charge is 0.366 e. The fourth-order valence-corrected chi connectivity index (χ4v) is 6.21. The van der Waals surface area contributed by atoms with Crippen LogP contribution in [-0.4, -0.2) is 34.3 Å². The summed E-state index contributed by atoms with van der Waals surface area (Å²) in [6.07, 6.45) is 12.6. The highest BCUT2D eigenvalue weighted by atomic mass is 35.5. The van der Waals surface area contributed by atoms with Crippen molar-refractivity contribution < 1.29 is 4.79 Å². The molecule has 3 fully saturated rings. The molecule has 1 aromatic heterocycles. The Morgan fingerprint density at radius 2 is 1.87 bits per heavy atom. The van der Waals surface area contributed by atoms with Crippen molar-refractivity contribution in [2.75, 3.05) is 5.32 Å². The van der Waals surface area contributed by atoms with E-state index in [-0.39, 0.29) is 5.92 Å². The Kier molecular flexibility index (Phi) is 5.72. The highest BCUT2D eigenvalue weighted by molar-refractivity contribution is 6.37. The molecule has 0 spiro atoms. The lowest BCUT2D eigenvalue weighted by Gasteiger charge is -2.37. The molecule has 2 aliphatic heterocycles. The number of piperidine rings is 1. The second-order valence-electron chi connectivity index (χ2n) is 9.87. The molecule has 1 aromatic carbocycles. The summed E-state index contributed by atoms with van der Waals surface area (Å²) >= 11 is 6.75. The summed E-state index contributed by atoms with van der Waals surface area (Å²) in [4.78, 5) is 18.5. The molecular formula is C25H32ClN3O. The fourth-order valence-electron chi connectivity index (χ4n) is 5.93. The van der Waals surface area contributed by atoms with Crippen LogP contribution in [0, 0.1) is 11.8 Å². The van der Waals surface area contributed by atoms with Crippen LogP contribution in [-0.2, 0) is 11.3 Å². The zero-order chi connectivity index (χ0) is 20.7. The van der Waals surface area contributed by atoms with Crippen LogP contribution in [0.2, 0.25) is 5.02 Å². The van der Waals surface area contributed by atoms with Crippen LogP contribution in [0.1, 0.15) is 63.9 Å². The SMILES string of the molecule is CC1CCC(Nc2ncc3cc(CN4C5CCC4CC(C=O)C5)ccc3c2Cl)CC1. The zero-order valence-electron chi connectivity index (χ0n) is 17.8. The van der Waals surface area contributed by atoms with Crippen molar-refractivity contribution in [1.29, 1.82) is 0 Å². The van der Waals surface area contributed by atoms with Crippen molar-refractivity contribution in [2.24, 2.45) is 11.8 Å². The average Bonchev–Trinajstić information content (AvgIpc) is 2.98. The van der Waals surface area contributed by atoms with Crippen LogP contribution in [0.25, 0.3) is 10.8 Å². The highest BCUT2D eigenvalue weighted by Gasteiger charge is 2.40. The molecule has 5 heteroatoms. The van der Waals surface area contributed by atoms with Gasteiger partial charge in [-0.25, -0.2) is 4.98 Å². The smallest absolute Gasteiger partial charge is 0.145 e. The number of aldehydes is 1. The number of benzene rings is 1. The highest BCUT2D eigenvalue weighted by Crippen LogP contribution is 2.39. The van der Waals surface area contributed by atoms with Crippen molar-refractivity contribution >= 4 is 34.5 Å². The van der Waals surface area contributed by atoms with Gasteiger partial charge in [-0.05, 0) is 68.9 Å². The first kappa shape index (κ1) is 20.3. The molecule has 1 N–H and O–H groups in total. The lowest BCUT2D eigenvalue weighted by Crippen LogP contribution is -2.42. The Hall–Kier alpha value is -1.65. The van der Waals surface area contributed by atoms with E-state index in [0.717, 1.165) is 46.9 Å². The molecule has 5 rings (SSSR count). The predicted molar refractivity (Wildman–Crippen MR) is 123 cm³/mol. The van der Waals surface area contributed by atoms with Crippen molar-refractivity contribution in [2.45, 2.75) is 83.0 Å². The molecule has 0 amide bonds. The van der Waals surface area contributed by atoms with Gasteiger partial charge in [0.1, 0.15) is 12.1 Å². The molecule has 3 aliphatic rings. The van der Waals surface area contributed by atoms with Gasteiger partial charge in [-0.2, -0.15) is 0 Å². The Balaban J connectivity index is 1.31. The van der Waals surface area contributed by atoms with Gasteiger partial charge >= 0.3 is 0 Å². The van der Waals surface area contributed by atoms with E-state index in [0.29, 0.717) is 18.1 Å². The van der Waals surface area contributed by atoms with Crippen molar-refractivity contribution in [3.8, 4) is 0 Å². The standard InChI is InChI=1S/C25H32ClN3O/c1-16-2-5-20(6-3-16)28-25-24(26)23-9-4-17(10-19(23)13-27-25)14-29-21-7-8-22(29)12-18(11-21)15-30/h4,9-10,13,15-16,18,20-22H,2-3,5-8,11-12,14H2,1H3,(H,27,28). The number of anilines is 1. The minimum atomic E-state index is 0.261. The number of aromatic nitrogens is 1. The van der Waals surface area contributed by atoms with Gasteiger partial charge in [-0.15, -0.1) is 0 Å². The third-order valence-corrected chi connectivity index (χ3v) is 8.11. The first-order chi connectivity index (χ1) is 14.6. The van der Waals surface area contributed by atoms with Crippen LogP contribution in [0.3, 0.4) is 0 Å². The molecular weight excluding hydrogens is 394 g/mol. The minimum absolute atomic E-state index is 0.261. The first-order valence-electron chi connectivity index (χ1n) is 11.7. The summed E-state index contributed by atoms with van der Waals surface area (Å²) in [5.41, 5.74) is 1.31. The topological polar surface area (TPSA) is 45.2 Å². The lowest BCUT2D eigenvalue weighted by molar-refractivity contribution is -0.113. The molecule has 30 heavy (non-hydrogen) atoms. The summed E-state index contributed by atoms with van der Waals surface area (Å²) < 4.78 is 0. The number of hydrogen-bond acceptors (Lipinski definition) is 4. The van der Waals surface area contributed by atoms with Gasteiger partial charge in [0.15, 0.2) is 0 Å². The van der Waals surface area contributed by atoms with Crippen LogP contribution in [0.5, 0.6) is 0 Å². The molecule has 0 radical (unpaired) electrons. The maximum Gasteiger partial charge on any atom is 0.145 e. The first-order valence-corrected chi connectivity index (χ1v) is 12.0. The molecule has 2 saturated heterocycles. The van der Waals surface area contributed by atoms with E-state index in [1.807, 2.05) is 6.20 Å². The Morgan fingerprint density at radius 3 is 2.57 bits per heavy atom. The van der Waals surface area contributed by atoms with Gasteiger partial charge in [0, 0.05) is 47.6 Å². The van der Waals surface area contributed by atoms with E-state index in [1.165, 1.54) is 50.4 Å². The van der Waals surface area contributed by atoms with Crippen LogP contribution < -0.4 is 5.32 Å². The molecule has 2 atom stereocenters. The number of pyridine rings is 1. The summed E-state index contributed by atoms with van der Waals surface area (Å²) in [6.45, 7) is 3.29. The quantitative estimate of drug-likeness (QED) is 0.613. The normalized spacial score (nSPS) is 31.7. The summed E-state index contributed by atoms with van der Waals surface area (Å²) in [5, 5.41) is 6.51. The van der Waals surface area contributed by atoms with Crippen molar-refractivity contribution in [1.82, 2.24) is 9.88 Å². The third-order valence-electron chi connectivity index (χ3n) is 7.73. The van der Waals surface area contributed by atoms with Gasteiger partial charge in [-0.1, -0.05) is 30.7 Å². The Morgan fingerprint density at radius 1 is 1.13 bits per heavy atom. The number of nitrogens with zero attached hydrogens (tertiary/aromatic N) is 2. The number of rotatable bonds is 5. The molecule has 2 aromatic rings. The van der Waals surface area contributed by atoms with E-state index >= 15 is 0 Å². The van der Waals surface area contributed by atoms with Gasteiger partial charge in [0.25, 0.3) is 0 Å². The number of hydrogen-bond donors (Lipinski definition) is 1. The molecule has 4 nitrogen and oxygen atoms in total. The second kappa shape index (κ2) is 8.47. The van der Waals surface area contributed by atoms with E-state index in [2.05, 4.69) is 40.3 Å². The zero-order valence-corrected chi connectivity index (χ0v) is 18.6. The number of carbonyl (C=O) groups excluding carboxylic acids is 1. The number of nitrogens with one attached hydrogen (secondary N) is 1. The molecule has 1 aliphatic carbocycles. The summed E-state index contributed by atoms with van der Waals surface area (Å²) in [5.74, 6) is 1.92. The van der Waals surface area contributed by atoms with Gasteiger partial charge < -0.3 is 10.1 Å². The van der Waals surface area contributed by atoms with E-state index in [1.54, 1.807) is 0 Å². The van der Waals surface area contributed by atoms with Gasteiger partial charge in [0.2, 0.25) is 0 Å². The molecule has 3 heterocycles. The monoisotopic (exact) mass is 425 g/mol. The maximum atomic E-state index is 11.2. The van der Waals surface area contributed by atoms with Crippen LogP contribution >= 0.6 is 11.6 Å². The van der Waals surface area contributed by atoms with Gasteiger partial charge in [-0.3, -0.25) is 4.90 Å². The second-order valence-corrected chi connectivity index (χ2v) is 10.2. The van der Waals surface area contributed by atoms with Crippen molar-refractivity contribution in [3.63, 3.8) is 0 Å². The van der Waals surface area contributed by atoms with E-state index in [4.69, 9.17) is 11.6 Å². The molecule has 2 unspecified atom stereocenters. The van der Waals surface area contributed by atoms with Crippen LogP contribution in [0.15, 0.2) is 24.4 Å². The average molecular weight is 426 g/mol. The van der Waals surface area contributed by atoms with Crippen molar-refractivity contribution in [3.05, 3.63) is 35.0 Å². The summed E-state index contributed by atoms with van der Waals surface area (Å²) in [6, 6.07) is 8.20. The maximum absolute atomic E-state index is 11.2. The van der Waals surface area contributed by atoms with E-state index < -0.39 is 0 Å². The third kappa shape index (κ3) is 3.97. The fraction of sp³-hybridized carbons (Fsp3) is 0.600. The minimum Gasteiger partial charge on any atom is -0.366 e. The predicted octanol–water partition coefficient (Wildman–Crippen LogP) is 5.82. The molecule has 160 valence electrons. The van der Waals surface area contributed by atoms with Gasteiger partial charge in [0.05, 0.1) is 5.02 Å². The number of fused-ring (bicyclic) bond motifs is 3. The van der Waals surface area contributed by atoms with Crippen LogP contribution in [0.4, 0.5) is 5.82 Å². The van der Waals surface area contributed by atoms with E-state index in [9.17, 15) is 4.79 Å². The molecule has 1 saturated carbocycles. The lowest BCUT2D eigenvalue weighted by atomic mass is 9.87.